The molecule has 0 aliphatic carbocycles. The van der Waals surface area contributed by atoms with Crippen LogP contribution in [0, 0.1) is 0 Å². The summed E-state index contributed by atoms with van der Waals surface area (Å²) < 4.78 is 10.8. The number of rotatable bonds is 3. The van der Waals surface area contributed by atoms with Crippen LogP contribution in [0.4, 0.5) is 0 Å². The molecule has 2 rings (SSSR count). The van der Waals surface area contributed by atoms with Gasteiger partial charge in [0.05, 0.1) is 12.9 Å². The van der Waals surface area contributed by atoms with Crippen LogP contribution in [0.15, 0.2) is 23.5 Å². The average molecular weight is 260 g/mol. The highest BCUT2D eigenvalue weighted by Crippen LogP contribution is 2.38. The molecule has 0 saturated carbocycles. The van der Waals surface area contributed by atoms with E-state index in [0.29, 0.717) is 18.8 Å². The van der Waals surface area contributed by atoms with Crippen LogP contribution in [0.1, 0.15) is 37.5 Å². The third-order valence-corrected chi connectivity index (χ3v) is 3.23. The quantitative estimate of drug-likeness (QED) is 0.840. The Morgan fingerprint density at radius 2 is 2.21 bits per heavy atom. The Morgan fingerprint density at radius 1 is 1.47 bits per heavy atom. The lowest BCUT2D eigenvalue weighted by Gasteiger charge is -2.21. The molecular formula is C16H20O3. The predicted octanol–water partition coefficient (Wildman–Crippen LogP) is 3.80. The summed E-state index contributed by atoms with van der Waals surface area (Å²) in [4.78, 5) is 0. The second-order valence-corrected chi connectivity index (χ2v) is 5.01. The predicted molar refractivity (Wildman–Crippen MR) is 76.2 cm³/mol. The van der Waals surface area contributed by atoms with Gasteiger partial charge in [-0.3, -0.25) is 0 Å². The summed E-state index contributed by atoms with van der Waals surface area (Å²) in [5.41, 5.74) is 4.24. The van der Waals surface area contributed by atoms with Gasteiger partial charge in [0.1, 0.15) is 6.61 Å². The lowest BCUT2D eigenvalue weighted by atomic mass is 9.94. The van der Waals surface area contributed by atoms with E-state index in [1.54, 1.807) is 7.11 Å². The maximum Gasteiger partial charge on any atom is 0.161 e. The van der Waals surface area contributed by atoms with E-state index in [4.69, 9.17) is 9.47 Å². The topological polar surface area (TPSA) is 38.7 Å². The molecule has 1 aliphatic heterocycles. The normalized spacial score (nSPS) is 13.2. The van der Waals surface area contributed by atoms with Gasteiger partial charge in [0.15, 0.2) is 11.5 Å². The first-order valence-electron chi connectivity index (χ1n) is 6.39. The Kier molecular flexibility index (Phi) is 3.84. The van der Waals surface area contributed by atoms with Crippen LogP contribution in [0.5, 0.6) is 11.5 Å². The van der Waals surface area contributed by atoms with Gasteiger partial charge in [0, 0.05) is 11.1 Å². The average Bonchev–Trinajstić information content (AvgIpc) is 2.37. The number of phenolic OH excluding ortho intramolecular Hbond substituents is 1. The van der Waals surface area contributed by atoms with Crippen molar-refractivity contribution in [2.45, 2.75) is 33.8 Å². The molecule has 1 aliphatic rings. The number of fused-ring (bicyclic) bond motifs is 1. The van der Waals surface area contributed by atoms with Gasteiger partial charge in [-0.05, 0) is 44.9 Å². The van der Waals surface area contributed by atoms with Crippen molar-refractivity contribution in [2.24, 2.45) is 0 Å². The Bertz CT molecular complexity index is 550. The van der Waals surface area contributed by atoms with Crippen LogP contribution in [-0.2, 0) is 17.8 Å². The van der Waals surface area contributed by atoms with Gasteiger partial charge in [-0.15, -0.1) is 0 Å². The highest BCUT2D eigenvalue weighted by molar-refractivity contribution is 5.67. The molecule has 0 aromatic heterocycles. The number of allylic oxidation sites excluding steroid dienone is 3. The molecule has 3 nitrogen and oxygen atoms in total. The molecule has 0 spiro atoms. The number of ether oxygens (including phenoxy) is 2. The van der Waals surface area contributed by atoms with Gasteiger partial charge in [0.2, 0.25) is 0 Å². The van der Waals surface area contributed by atoms with Gasteiger partial charge < -0.3 is 14.6 Å². The molecule has 0 amide bonds. The summed E-state index contributed by atoms with van der Waals surface area (Å²) in [6.07, 6.45) is 4.77. The second kappa shape index (κ2) is 5.39. The fourth-order valence-corrected chi connectivity index (χ4v) is 2.18. The van der Waals surface area contributed by atoms with Gasteiger partial charge in [-0.25, -0.2) is 0 Å². The Balaban J connectivity index is 2.58. The fraction of sp³-hybridized carbons (Fsp3) is 0.375. The molecule has 1 heterocycles. The minimum absolute atomic E-state index is 0.227. The molecule has 1 N–H and O–H groups in total. The summed E-state index contributed by atoms with van der Waals surface area (Å²) >= 11 is 0. The van der Waals surface area contributed by atoms with Crippen molar-refractivity contribution >= 4 is 6.08 Å². The van der Waals surface area contributed by atoms with Crippen LogP contribution in [0.25, 0.3) is 6.08 Å². The first kappa shape index (κ1) is 13.5. The molecule has 0 unspecified atom stereocenters. The number of aromatic hydroxyl groups is 1. The standard InChI is InChI=1S/C16H20O3/c1-10(2)5-6-13-14-7-11(3)19-9-12(14)8-15(18-4)16(13)17/h5,7-8,17H,6,9H2,1-4H3. The van der Waals surface area contributed by atoms with Crippen molar-refractivity contribution < 1.29 is 14.6 Å². The van der Waals surface area contributed by atoms with Gasteiger partial charge >= 0.3 is 0 Å². The van der Waals surface area contributed by atoms with E-state index in [1.165, 1.54) is 5.57 Å². The van der Waals surface area contributed by atoms with E-state index in [2.05, 4.69) is 6.08 Å². The third-order valence-electron chi connectivity index (χ3n) is 3.23. The smallest absolute Gasteiger partial charge is 0.161 e. The van der Waals surface area contributed by atoms with Crippen LogP contribution in [0.3, 0.4) is 0 Å². The van der Waals surface area contributed by atoms with Crippen LogP contribution < -0.4 is 4.74 Å². The second-order valence-electron chi connectivity index (χ2n) is 5.01. The molecule has 3 heteroatoms. The Hall–Kier alpha value is -1.90. The minimum Gasteiger partial charge on any atom is -0.504 e. The summed E-state index contributed by atoms with van der Waals surface area (Å²) in [5, 5.41) is 10.3. The third kappa shape index (κ3) is 2.75. The number of hydrogen-bond donors (Lipinski definition) is 1. The van der Waals surface area contributed by atoms with E-state index in [9.17, 15) is 5.11 Å². The van der Waals surface area contributed by atoms with Crippen molar-refractivity contribution in [3.8, 4) is 11.5 Å². The lowest BCUT2D eigenvalue weighted by molar-refractivity contribution is 0.198. The highest BCUT2D eigenvalue weighted by Gasteiger charge is 2.19. The fourth-order valence-electron chi connectivity index (χ4n) is 2.18. The van der Waals surface area contributed by atoms with Crippen molar-refractivity contribution in [3.63, 3.8) is 0 Å². The van der Waals surface area contributed by atoms with Gasteiger partial charge in [-0.2, -0.15) is 0 Å². The van der Waals surface area contributed by atoms with Crippen molar-refractivity contribution in [1.82, 2.24) is 0 Å². The minimum atomic E-state index is 0.227. The summed E-state index contributed by atoms with van der Waals surface area (Å²) in [6.45, 7) is 6.55. The molecule has 0 bridgehead atoms. The monoisotopic (exact) mass is 260 g/mol. The zero-order valence-corrected chi connectivity index (χ0v) is 11.9. The van der Waals surface area contributed by atoms with Crippen molar-refractivity contribution in [1.29, 1.82) is 0 Å². The number of phenols is 1. The Labute approximate surface area is 114 Å². The molecular weight excluding hydrogens is 240 g/mol. The van der Waals surface area contributed by atoms with E-state index >= 15 is 0 Å². The SMILES string of the molecule is COc1cc2c(c(CC=C(C)C)c1O)C=C(C)OC2. The molecule has 102 valence electrons. The maximum atomic E-state index is 10.3. The van der Waals surface area contributed by atoms with Gasteiger partial charge in [-0.1, -0.05) is 11.6 Å². The van der Waals surface area contributed by atoms with E-state index in [0.717, 1.165) is 22.4 Å². The Morgan fingerprint density at radius 3 is 2.84 bits per heavy atom. The summed E-state index contributed by atoms with van der Waals surface area (Å²) in [7, 11) is 1.57. The molecule has 19 heavy (non-hydrogen) atoms. The number of methoxy groups -OCH3 is 1. The molecule has 0 fully saturated rings. The molecule has 0 saturated heterocycles. The summed E-state index contributed by atoms with van der Waals surface area (Å²) in [5.74, 6) is 1.60. The van der Waals surface area contributed by atoms with E-state index in [-0.39, 0.29) is 5.75 Å². The molecule has 1 aromatic carbocycles. The van der Waals surface area contributed by atoms with E-state index < -0.39 is 0 Å². The van der Waals surface area contributed by atoms with Crippen LogP contribution >= 0.6 is 0 Å². The van der Waals surface area contributed by atoms with E-state index in [1.807, 2.05) is 32.9 Å². The zero-order valence-electron chi connectivity index (χ0n) is 11.9. The highest BCUT2D eigenvalue weighted by atomic mass is 16.5. The van der Waals surface area contributed by atoms with Gasteiger partial charge in [0.25, 0.3) is 0 Å². The molecule has 1 aromatic rings. The zero-order chi connectivity index (χ0) is 14.0. The molecule has 0 radical (unpaired) electrons. The van der Waals surface area contributed by atoms with Crippen molar-refractivity contribution in [2.75, 3.05) is 7.11 Å². The van der Waals surface area contributed by atoms with Crippen molar-refractivity contribution in [3.05, 3.63) is 40.2 Å². The summed E-state index contributed by atoms with van der Waals surface area (Å²) in [6, 6.07) is 1.85. The molecule has 0 atom stereocenters. The first-order valence-corrected chi connectivity index (χ1v) is 6.39. The number of hydrogen-bond acceptors (Lipinski definition) is 3. The maximum absolute atomic E-state index is 10.3. The number of benzene rings is 1. The van der Waals surface area contributed by atoms with Crippen LogP contribution in [0.2, 0.25) is 0 Å². The lowest BCUT2D eigenvalue weighted by Crippen LogP contribution is -2.05. The first-order chi connectivity index (χ1) is 9.02. The largest absolute Gasteiger partial charge is 0.504 e. The van der Waals surface area contributed by atoms with Crippen LogP contribution in [-0.4, -0.2) is 12.2 Å².